The van der Waals surface area contributed by atoms with Gasteiger partial charge in [-0.3, -0.25) is 0 Å². The van der Waals surface area contributed by atoms with Crippen molar-refractivity contribution < 1.29 is 4.42 Å². The SMILES string of the molecule is c1ccc(-c2ccc(-c3nc(-c4cccc(-c5ccccc5)c4)nc(-c4cc5cc(-c6ccccc6)ccc5c5oc6ccccc6c45)n3)cc2)cc1. The Morgan fingerprint density at radius 3 is 1.51 bits per heavy atom. The molecule has 0 atom stereocenters. The third-order valence-corrected chi connectivity index (χ3v) is 9.92. The van der Waals surface area contributed by atoms with Gasteiger partial charge in [0.2, 0.25) is 0 Å². The standard InChI is InChI=1S/C49H31N3O/c1-4-13-32(14-5-1)35-23-25-36(26-24-35)47-50-48(39-20-12-19-37(29-39)33-15-6-2-7-16-33)52-49(51-47)43-31-40-30-38(34-17-8-3-9-18-34)27-28-41(40)46-45(43)42-21-10-11-22-44(42)53-46/h1-31H. The molecule has 10 rings (SSSR count). The minimum atomic E-state index is 0.589. The first kappa shape index (κ1) is 30.6. The van der Waals surface area contributed by atoms with E-state index in [4.69, 9.17) is 19.4 Å². The van der Waals surface area contributed by atoms with E-state index in [-0.39, 0.29) is 0 Å². The summed E-state index contributed by atoms with van der Waals surface area (Å²) in [7, 11) is 0. The molecule has 0 saturated heterocycles. The van der Waals surface area contributed by atoms with Gasteiger partial charge in [0.25, 0.3) is 0 Å². The Morgan fingerprint density at radius 1 is 0.321 bits per heavy atom. The van der Waals surface area contributed by atoms with E-state index in [0.717, 1.165) is 82.8 Å². The van der Waals surface area contributed by atoms with Gasteiger partial charge in [0.05, 0.1) is 0 Å². The Labute approximate surface area is 306 Å². The van der Waals surface area contributed by atoms with Crippen LogP contribution in [0.3, 0.4) is 0 Å². The van der Waals surface area contributed by atoms with Gasteiger partial charge in [-0.1, -0.05) is 158 Å². The molecule has 4 nitrogen and oxygen atoms in total. The molecule has 0 radical (unpaired) electrons. The quantitative estimate of drug-likeness (QED) is 0.176. The molecule has 0 N–H and O–H groups in total. The molecule has 0 aliphatic heterocycles. The van der Waals surface area contributed by atoms with Crippen LogP contribution in [0.4, 0.5) is 0 Å². The topological polar surface area (TPSA) is 51.8 Å². The highest BCUT2D eigenvalue weighted by atomic mass is 16.3. The maximum absolute atomic E-state index is 6.65. The van der Waals surface area contributed by atoms with Crippen LogP contribution in [0.2, 0.25) is 0 Å². The van der Waals surface area contributed by atoms with Crippen molar-refractivity contribution in [3.8, 4) is 67.5 Å². The summed E-state index contributed by atoms with van der Waals surface area (Å²) in [6, 6.07) is 65.1. The highest BCUT2D eigenvalue weighted by molar-refractivity contribution is 6.21. The number of rotatable bonds is 6. The fraction of sp³-hybridized carbons (Fsp3) is 0. The molecule has 0 aliphatic rings. The van der Waals surface area contributed by atoms with Gasteiger partial charge >= 0.3 is 0 Å². The van der Waals surface area contributed by atoms with Gasteiger partial charge in [0, 0.05) is 32.8 Å². The second-order valence-corrected chi connectivity index (χ2v) is 13.2. The summed E-state index contributed by atoms with van der Waals surface area (Å²) in [5.74, 6) is 1.80. The lowest BCUT2D eigenvalue weighted by Crippen LogP contribution is -2.01. The second kappa shape index (κ2) is 12.9. The van der Waals surface area contributed by atoms with Crippen LogP contribution in [0.5, 0.6) is 0 Å². The molecule has 0 bridgehead atoms. The number of hydrogen-bond acceptors (Lipinski definition) is 4. The van der Waals surface area contributed by atoms with Crippen molar-refractivity contribution in [2.24, 2.45) is 0 Å². The highest BCUT2D eigenvalue weighted by Crippen LogP contribution is 2.42. The average Bonchev–Trinajstić information content (AvgIpc) is 3.64. The fourth-order valence-corrected chi connectivity index (χ4v) is 7.27. The van der Waals surface area contributed by atoms with E-state index in [1.54, 1.807) is 0 Å². The summed E-state index contributed by atoms with van der Waals surface area (Å²) in [4.78, 5) is 15.6. The number of benzene rings is 8. The van der Waals surface area contributed by atoms with Crippen LogP contribution < -0.4 is 0 Å². The van der Waals surface area contributed by atoms with Crippen molar-refractivity contribution >= 4 is 32.7 Å². The summed E-state index contributed by atoms with van der Waals surface area (Å²) >= 11 is 0. The molecule has 0 amide bonds. The first-order valence-electron chi connectivity index (χ1n) is 17.8. The van der Waals surface area contributed by atoms with Crippen LogP contribution in [0.1, 0.15) is 0 Å². The molecule has 0 saturated carbocycles. The van der Waals surface area contributed by atoms with Crippen LogP contribution in [-0.4, -0.2) is 15.0 Å². The van der Waals surface area contributed by atoms with Crippen LogP contribution in [0, 0.1) is 0 Å². The van der Waals surface area contributed by atoms with Crippen molar-refractivity contribution in [3.63, 3.8) is 0 Å². The van der Waals surface area contributed by atoms with Gasteiger partial charge in [0.1, 0.15) is 11.2 Å². The van der Waals surface area contributed by atoms with E-state index in [1.165, 1.54) is 0 Å². The molecule has 10 aromatic rings. The predicted octanol–water partition coefficient (Wildman–Crippen LogP) is 12.9. The molecule has 2 heterocycles. The molecule has 8 aromatic carbocycles. The molecule has 4 heteroatoms. The molecule has 0 fully saturated rings. The van der Waals surface area contributed by atoms with E-state index < -0.39 is 0 Å². The molecule has 0 spiro atoms. The zero-order valence-corrected chi connectivity index (χ0v) is 28.6. The molecular formula is C49H31N3O. The third kappa shape index (κ3) is 5.63. The number of aromatic nitrogens is 3. The molecule has 2 aromatic heterocycles. The number of nitrogens with zero attached hydrogens (tertiary/aromatic N) is 3. The van der Waals surface area contributed by atoms with Crippen molar-refractivity contribution in [1.29, 1.82) is 0 Å². The van der Waals surface area contributed by atoms with Crippen molar-refractivity contribution in [2.75, 3.05) is 0 Å². The van der Waals surface area contributed by atoms with Crippen LogP contribution in [0.25, 0.3) is 100 Å². The van der Waals surface area contributed by atoms with Gasteiger partial charge < -0.3 is 4.42 Å². The van der Waals surface area contributed by atoms with Crippen LogP contribution >= 0.6 is 0 Å². The normalized spacial score (nSPS) is 11.4. The van der Waals surface area contributed by atoms with Gasteiger partial charge in [-0.05, 0) is 69.1 Å². The number of fused-ring (bicyclic) bond motifs is 5. The Morgan fingerprint density at radius 2 is 0.811 bits per heavy atom. The van der Waals surface area contributed by atoms with Crippen LogP contribution in [-0.2, 0) is 0 Å². The minimum absolute atomic E-state index is 0.589. The number of para-hydroxylation sites is 1. The summed E-state index contributed by atoms with van der Waals surface area (Å²) in [5.41, 5.74) is 11.2. The molecule has 53 heavy (non-hydrogen) atoms. The zero-order valence-electron chi connectivity index (χ0n) is 28.6. The zero-order chi connectivity index (χ0) is 35.1. The minimum Gasteiger partial charge on any atom is -0.455 e. The maximum Gasteiger partial charge on any atom is 0.164 e. The van der Waals surface area contributed by atoms with Gasteiger partial charge in [-0.15, -0.1) is 0 Å². The average molecular weight is 678 g/mol. The lowest BCUT2D eigenvalue weighted by molar-refractivity contribution is 0.672. The fourth-order valence-electron chi connectivity index (χ4n) is 7.27. The van der Waals surface area contributed by atoms with E-state index in [1.807, 2.05) is 30.3 Å². The van der Waals surface area contributed by atoms with E-state index in [0.29, 0.717) is 17.5 Å². The first-order valence-corrected chi connectivity index (χ1v) is 17.8. The molecule has 248 valence electrons. The Bertz CT molecular complexity index is 2920. The predicted molar refractivity (Wildman–Crippen MR) is 217 cm³/mol. The summed E-state index contributed by atoms with van der Waals surface area (Å²) in [6.07, 6.45) is 0. The van der Waals surface area contributed by atoms with Gasteiger partial charge in [-0.25, -0.2) is 15.0 Å². The monoisotopic (exact) mass is 677 g/mol. The van der Waals surface area contributed by atoms with Gasteiger partial charge in [0.15, 0.2) is 17.5 Å². The van der Waals surface area contributed by atoms with Gasteiger partial charge in [-0.2, -0.15) is 0 Å². The van der Waals surface area contributed by atoms with Crippen molar-refractivity contribution in [1.82, 2.24) is 15.0 Å². The Hall–Kier alpha value is -7.17. The van der Waals surface area contributed by atoms with Crippen LogP contribution in [0.15, 0.2) is 192 Å². The lowest BCUT2D eigenvalue weighted by atomic mass is 9.96. The summed E-state index contributed by atoms with van der Waals surface area (Å²) < 4.78 is 6.65. The summed E-state index contributed by atoms with van der Waals surface area (Å²) in [6.45, 7) is 0. The summed E-state index contributed by atoms with van der Waals surface area (Å²) in [5, 5.41) is 4.10. The van der Waals surface area contributed by atoms with E-state index in [9.17, 15) is 0 Å². The first-order chi connectivity index (χ1) is 26.2. The highest BCUT2D eigenvalue weighted by Gasteiger charge is 2.21. The Balaban J connectivity index is 1.22. The smallest absolute Gasteiger partial charge is 0.164 e. The second-order valence-electron chi connectivity index (χ2n) is 13.2. The third-order valence-electron chi connectivity index (χ3n) is 9.92. The van der Waals surface area contributed by atoms with Crippen molar-refractivity contribution in [3.05, 3.63) is 188 Å². The largest absolute Gasteiger partial charge is 0.455 e. The molecule has 0 aliphatic carbocycles. The molecular weight excluding hydrogens is 647 g/mol. The maximum atomic E-state index is 6.65. The number of hydrogen-bond donors (Lipinski definition) is 0. The van der Waals surface area contributed by atoms with Crippen molar-refractivity contribution in [2.45, 2.75) is 0 Å². The molecule has 0 unspecified atom stereocenters. The lowest BCUT2D eigenvalue weighted by Gasteiger charge is -2.12. The Kier molecular flexibility index (Phi) is 7.43. The number of furan rings is 1. The van der Waals surface area contributed by atoms with E-state index >= 15 is 0 Å². The van der Waals surface area contributed by atoms with E-state index in [2.05, 4.69) is 158 Å².